The molecule has 1 aromatic carbocycles. The molecule has 0 unspecified atom stereocenters. The Bertz CT molecular complexity index is 591. The summed E-state index contributed by atoms with van der Waals surface area (Å²) in [4.78, 5) is 15.6. The van der Waals surface area contributed by atoms with Crippen molar-refractivity contribution >= 4 is 17.4 Å². The van der Waals surface area contributed by atoms with Crippen molar-refractivity contribution in [3.8, 4) is 0 Å². The number of anilines is 2. The monoisotopic (exact) mass is 275 g/mol. The summed E-state index contributed by atoms with van der Waals surface area (Å²) in [5.41, 5.74) is 7.66. The Kier molecular flexibility index (Phi) is 3.88. The van der Waals surface area contributed by atoms with Gasteiger partial charge in [0.15, 0.2) is 0 Å². The molecule has 0 bridgehead atoms. The molecule has 0 saturated heterocycles. The molecule has 2 rings (SSSR count). The second-order valence-electron chi connectivity index (χ2n) is 4.72. The summed E-state index contributed by atoms with van der Waals surface area (Å²) in [7, 11) is 5.63. The fraction of sp³-hybridized carbons (Fsp3) is 0.308. The maximum atomic E-state index is 12.1. The largest absolute Gasteiger partial charge is 0.379 e. The fourth-order valence-corrected chi connectivity index (χ4v) is 1.77. The number of nitrogens with two attached hydrogens (primary N) is 1. The first kappa shape index (κ1) is 13.9. The molecule has 2 N–H and O–H groups in total. The third-order valence-electron chi connectivity index (χ3n) is 2.94. The molecule has 106 valence electrons. The predicted molar refractivity (Wildman–Crippen MR) is 75.3 cm³/mol. The normalized spacial score (nSPS) is 10.3. The summed E-state index contributed by atoms with van der Waals surface area (Å²) in [6, 6.07) is 7.95. The predicted octanol–water partition coefficient (Wildman–Crippen LogP) is 0.990. The Morgan fingerprint density at radius 3 is 2.35 bits per heavy atom. The van der Waals surface area contributed by atoms with Gasteiger partial charge in [0, 0.05) is 33.4 Å². The average molecular weight is 275 g/mol. The van der Waals surface area contributed by atoms with E-state index in [0.717, 1.165) is 11.3 Å². The summed E-state index contributed by atoms with van der Waals surface area (Å²) in [6.45, 7) is 0.457. The van der Waals surface area contributed by atoms with E-state index in [0.29, 0.717) is 6.54 Å². The molecule has 2 aromatic rings. The fourth-order valence-electron chi connectivity index (χ4n) is 1.77. The van der Waals surface area contributed by atoms with Crippen molar-refractivity contribution < 1.29 is 9.42 Å². The summed E-state index contributed by atoms with van der Waals surface area (Å²) < 4.78 is 4.43. The molecule has 20 heavy (non-hydrogen) atoms. The van der Waals surface area contributed by atoms with Gasteiger partial charge in [-0.25, -0.2) is 4.63 Å². The van der Waals surface area contributed by atoms with Crippen LogP contribution < -0.4 is 10.6 Å². The van der Waals surface area contributed by atoms with Gasteiger partial charge in [0.25, 0.3) is 5.91 Å². The first-order valence-electron chi connectivity index (χ1n) is 6.09. The lowest BCUT2D eigenvalue weighted by atomic mass is 10.2. The van der Waals surface area contributed by atoms with E-state index in [1.165, 1.54) is 4.90 Å². The van der Waals surface area contributed by atoms with E-state index in [-0.39, 0.29) is 17.4 Å². The number of carbonyl (C=O) groups excluding carboxylic acids is 1. The van der Waals surface area contributed by atoms with Crippen molar-refractivity contribution in [2.75, 3.05) is 31.8 Å². The third-order valence-corrected chi connectivity index (χ3v) is 2.94. The van der Waals surface area contributed by atoms with Crippen LogP contribution in [0.1, 0.15) is 16.1 Å². The van der Waals surface area contributed by atoms with Gasteiger partial charge in [0.1, 0.15) is 0 Å². The Morgan fingerprint density at radius 1 is 1.20 bits per heavy atom. The van der Waals surface area contributed by atoms with Crippen LogP contribution >= 0.6 is 0 Å². The lowest BCUT2D eigenvalue weighted by molar-refractivity contribution is 0.0774. The van der Waals surface area contributed by atoms with Crippen LogP contribution in [0.4, 0.5) is 11.5 Å². The lowest BCUT2D eigenvalue weighted by Crippen LogP contribution is -2.27. The van der Waals surface area contributed by atoms with Gasteiger partial charge in [-0.2, -0.15) is 0 Å². The molecule has 0 saturated carbocycles. The van der Waals surface area contributed by atoms with Gasteiger partial charge >= 0.3 is 0 Å². The molecule has 1 heterocycles. The maximum Gasteiger partial charge on any atom is 0.280 e. The van der Waals surface area contributed by atoms with Crippen LogP contribution in [-0.2, 0) is 6.54 Å². The van der Waals surface area contributed by atoms with Crippen LogP contribution in [0.3, 0.4) is 0 Å². The van der Waals surface area contributed by atoms with Crippen LogP contribution in [0.2, 0.25) is 0 Å². The van der Waals surface area contributed by atoms with Crippen molar-refractivity contribution in [2.24, 2.45) is 0 Å². The highest BCUT2D eigenvalue weighted by atomic mass is 16.6. The van der Waals surface area contributed by atoms with Gasteiger partial charge in [-0.1, -0.05) is 12.1 Å². The first-order valence-corrected chi connectivity index (χ1v) is 6.09. The van der Waals surface area contributed by atoms with Crippen molar-refractivity contribution in [3.05, 3.63) is 35.5 Å². The van der Waals surface area contributed by atoms with Crippen molar-refractivity contribution in [2.45, 2.75) is 6.54 Å². The molecule has 0 atom stereocenters. The molecule has 7 heteroatoms. The van der Waals surface area contributed by atoms with Gasteiger partial charge in [0.05, 0.1) is 0 Å². The molecule has 7 nitrogen and oxygen atoms in total. The Hall–Kier alpha value is -2.57. The minimum absolute atomic E-state index is 0.00445. The van der Waals surface area contributed by atoms with E-state index in [1.54, 1.807) is 7.05 Å². The molecular formula is C13H17N5O2. The maximum absolute atomic E-state index is 12.1. The summed E-state index contributed by atoms with van der Waals surface area (Å²) in [5.74, 6) is -0.315. The summed E-state index contributed by atoms with van der Waals surface area (Å²) in [5, 5.41) is 6.90. The molecule has 1 amide bonds. The smallest absolute Gasteiger partial charge is 0.280 e. The van der Waals surface area contributed by atoms with Crippen LogP contribution in [0.5, 0.6) is 0 Å². The molecule has 0 aliphatic carbocycles. The quantitative estimate of drug-likeness (QED) is 0.895. The van der Waals surface area contributed by atoms with E-state index in [9.17, 15) is 4.79 Å². The third kappa shape index (κ3) is 2.87. The average Bonchev–Trinajstić information content (AvgIpc) is 2.84. The van der Waals surface area contributed by atoms with E-state index >= 15 is 0 Å². The highest BCUT2D eigenvalue weighted by Crippen LogP contribution is 2.15. The van der Waals surface area contributed by atoms with E-state index in [1.807, 2.05) is 43.3 Å². The van der Waals surface area contributed by atoms with Crippen molar-refractivity contribution in [1.82, 2.24) is 15.2 Å². The number of hydrogen-bond donors (Lipinski definition) is 1. The van der Waals surface area contributed by atoms with Gasteiger partial charge in [0.2, 0.25) is 11.5 Å². The van der Waals surface area contributed by atoms with Crippen LogP contribution in [-0.4, -0.2) is 42.3 Å². The standard InChI is InChI=1S/C13H17N5O2/c1-17(2)10-6-4-9(5-7-10)8-18(3)13(19)11-12(14)16-20-15-11/h4-7H,8H2,1-3H3,(H2,14,16). The zero-order valence-electron chi connectivity index (χ0n) is 11.7. The number of amides is 1. The Labute approximate surface area is 116 Å². The van der Waals surface area contributed by atoms with E-state index < -0.39 is 0 Å². The number of carbonyl (C=O) groups is 1. The molecule has 0 radical (unpaired) electrons. The van der Waals surface area contributed by atoms with E-state index in [2.05, 4.69) is 14.9 Å². The van der Waals surface area contributed by atoms with Crippen molar-refractivity contribution in [1.29, 1.82) is 0 Å². The Morgan fingerprint density at radius 2 is 1.85 bits per heavy atom. The number of rotatable bonds is 4. The van der Waals surface area contributed by atoms with Crippen LogP contribution in [0, 0.1) is 0 Å². The minimum Gasteiger partial charge on any atom is -0.379 e. The van der Waals surface area contributed by atoms with E-state index in [4.69, 9.17) is 5.73 Å². The number of nitrogens with zero attached hydrogens (tertiary/aromatic N) is 4. The van der Waals surface area contributed by atoms with Crippen LogP contribution in [0.15, 0.2) is 28.9 Å². The van der Waals surface area contributed by atoms with Crippen LogP contribution in [0.25, 0.3) is 0 Å². The molecule has 0 aliphatic rings. The topological polar surface area (TPSA) is 88.5 Å². The molecule has 0 spiro atoms. The molecular weight excluding hydrogens is 258 g/mol. The lowest BCUT2D eigenvalue weighted by Gasteiger charge is -2.17. The number of benzene rings is 1. The number of aromatic nitrogens is 2. The highest BCUT2D eigenvalue weighted by Gasteiger charge is 2.20. The minimum atomic E-state index is -0.319. The number of hydrogen-bond acceptors (Lipinski definition) is 6. The second kappa shape index (κ2) is 5.60. The summed E-state index contributed by atoms with van der Waals surface area (Å²) >= 11 is 0. The number of nitrogen functional groups attached to an aromatic ring is 1. The van der Waals surface area contributed by atoms with Crippen molar-refractivity contribution in [3.63, 3.8) is 0 Å². The zero-order chi connectivity index (χ0) is 14.7. The zero-order valence-corrected chi connectivity index (χ0v) is 11.7. The molecule has 0 fully saturated rings. The molecule has 1 aromatic heterocycles. The highest BCUT2D eigenvalue weighted by molar-refractivity contribution is 5.95. The Balaban J connectivity index is 2.06. The van der Waals surface area contributed by atoms with Gasteiger partial charge in [-0.15, -0.1) is 0 Å². The van der Waals surface area contributed by atoms with Gasteiger partial charge in [-0.3, -0.25) is 4.79 Å². The SMILES string of the molecule is CN(Cc1ccc(N(C)C)cc1)C(=O)c1nonc1N. The second-order valence-corrected chi connectivity index (χ2v) is 4.72. The van der Waals surface area contributed by atoms with Gasteiger partial charge in [-0.05, 0) is 28.0 Å². The summed E-state index contributed by atoms with van der Waals surface area (Å²) in [6.07, 6.45) is 0. The molecule has 0 aliphatic heterocycles. The first-order chi connectivity index (χ1) is 9.49. The van der Waals surface area contributed by atoms with Gasteiger partial charge < -0.3 is 15.5 Å².